The number of ether oxygens (including phenoxy) is 1. The van der Waals surface area contributed by atoms with Gasteiger partial charge >= 0.3 is 12.0 Å². The van der Waals surface area contributed by atoms with Crippen LogP contribution in [0, 0.1) is 11.7 Å². The lowest BCUT2D eigenvalue weighted by molar-refractivity contribution is -0.139. The normalized spacial score (nSPS) is 23.7. The monoisotopic (exact) mass is 472 g/mol. The standard InChI is InChI=1S/C25H33FN4O4/c1-4-29-20(15-28-12-13-30(16(3)14-28)23(31)18-6-7-18)21(24(32)34-5-2)22(27-25(29)33)17-8-10-19(26)11-9-17/h8-11,16,18,22H,4-7,12-15H2,1-3H3,(H,27,33)/t16-,22-/m0/s1. The first-order valence-corrected chi connectivity index (χ1v) is 12.1. The lowest BCUT2D eigenvalue weighted by Gasteiger charge is -2.43. The summed E-state index contributed by atoms with van der Waals surface area (Å²) in [5, 5.41) is 2.89. The van der Waals surface area contributed by atoms with Gasteiger partial charge in [-0.2, -0.15) is 0 Å². The average Bonchev–Trinajstić information content (AvgIpc) is 3.65. The van der Waals surface area contributed by atoms with E-state index in [1.165, 1.54) is 12.1 Å². The minimum atomic E-state index is -0.736. The number of carbonyl (C=O) groups excluding carboxylic acids is 3. The lowest BCUT2D eigenvalue weighted by atomic mass is 9.94. The van der Waals surface area contributed by atoms with Crippen LogP contribution >= 0.6 is 0 Å². The summed E-state index contributed by atoms with van der Waals surface area (Å²) in [6.07, 6.45) is 1.96. The predicted octanol–water partition coefficient (Wildman–Crippen LogP) is 2.67. The van der Waals surface area contributed by atoms with Crippen molar-refractivity contribution in [2.45, 2.75) is 45.7 Å². The Hall–Kier alpha value is -2.94. The van der Waals surface area contributed by atoms with Crippen LogP contribution in [0.4, 0.5) is 9.18 Å². The van der Waals surface area contributed by atoms with Crippen LogP contribution in [0.5, 0.6) is 0 Å². The molecule has 1 saturated carbocycles. The van der Waals surface area contributed by atoms with Gasteiger partial charge in [-0.25, -0.2) is 14.0 Å². The first-order chi connectivity index (χ1) is 16.3. The highest BCUT2D eigenvalue weighted by Gasteiger charge is 2.40. The second-order valence-electron chi connectivity index (χ2n) is 9.15. The van der Waals surface area contributed by atoms with Crippen LogP contribution in [-0.2, 0) is 14.3 Å². The van der Waals surface area contributed by atoms with Crippen molar-refractivity contribution in [1.29, 1.82) is 0 Å². The van der Waals surface area contributed by atoms with Crippen molar-refractivity contribution in [2.24, 2.45) is 5.92 Å². The molecule has 34 heavy (non-hydrogen) atoms. The largest absolute Gasteiger partial charge is 0.463 e. The van der Waals surface area contributed by atoms with Crippen molar-refractivity contribution in [3.05, 3.63) is 46.9 Å². The molecule has 0 radical (unpaired) electrons. The van der Waals surface area contributed by atoms with Gasteiger partial charge in [-0.3, -0.25) is 14.6 Å². The lowest BCUT2D eigenvalue weighted by Crippen LogP contribution is -2.56. The number of piperazine rings is 1. The molecule has 184 valence electrons. The minimum absolute atomic E-state index is 0.0499. The van der Waals surface area contributed by atoms with Crippen LogP contribution < -0.4 is 5.32 Å². The van der Waals surface area contributed by atoms with Crippen LogP contribution in [0.15, 0.2) is 35.5 Å². The van der Waals surface area contributed by atoms with Crippen LogP contribution in [0.2, 0.25) is 0 Å². The number of rotatable bonds is 7. The highest BCUT2D eigenvalue weighted by Crippen LogP contribution is 2.34. The van der Waals surface area contributed by atoms with Crippen molar-refractivity contribution >= 4 is 17.9 Å². The van der Waals surface area contributed by atoms with Crippen molar-refractivity contribution < 1.29 is 23.5 Å². The van der Waals surface area contributed by atoms with E-state index in [1.807, 2.05) is 18.7 Å². The predicted molar refractivity (Wildman–Crippen MR) is 124 cm³/mol. The molecule has 1 saturated heterocycles. The van der Waals surface area contributed by atoms with E-state index in [2.05, 4.69) is 10.2 Å². The smallest absolute Gasteiger partial charge is 0.338 e. The van der Waals surface area contributed by atoms with E-state index >= 15 is 0 Å². The molecular formula is C25H33FN4O4. The van der Waals surface area contributed by atoms with E-state index in [9.17, 15) is 18.8 Å². The van der Waals surface area contributed by atoms with E-state index in [4.69, 9.17) is 4.74 Å². The summed E-state index contributed by atoms with van der Waals surface area (Å²) in [5.74, 6) is -0.472. The first-order valence-electron chi connectivity index (χ1n) is 12.1. The van der Waals surface area contributed by atoms with Gasteiger partial charge < -0.3 is 15.0 Å². The molecule has 1 aliphatic carbocycles. The summed E-state index contributed by atoms with van der Waals surface area (Å²) < 4.78 is 18.9. The zero-order chi connectivity index (χ0) is 24.4. The molecule has 1 aromatic rings. The van der Waals surface area contributed by atoms with Gasteiger partial charge in [-0.15, -0.1) is 0 Å². The van der Waals surface area contributed by atoms with Crippen molar-refractivity contribution in [3.8, 4) is 0 Å². The summed E-state index contributed by atoms with van der Waals surface area (Å²) in [6, 6.07) is 4.78. The molecule has 0 bridgehead atoms. The second-order valence-corrected chi connectivity index (χ2v) is 9.15. The summed E-state index contributed by atoms with van der Waals surface area (Å²) in [6.45, 7) is 8.53. The van der Waals surface area contributed by atoms with Gasteiger partial charge in [0.1, 0.15) is 5.82 Å². The third-order valence-corrected chi connectivity index (χ3v) is 6.75. The Bertz CT molecular complexity index is 976. The summed E-state index contributed by atoms with van der Waals surface area (Å²) in [4.78, 5) is 44.5. The van der Waals surface area contributed by atoms with Crippen LogP contribution in [-0.4, -0.2) is 78.0 Å². The van der Waals surface area contributed by atoms with Gasteiger partial charge in [0, 0.05) is 50.4 Å². The van der Waals surface area contributed by atoms with Gasteiger partial charge in [0.15, 0.2) is 0 Å². The zero-order valence-electron chi connectivity index (χ0n) is 20.1. The number of halogens is 1. The summed E-state index contributed by atoms with van der Waals surface area (Å²) in [7, 11) is 0. The number of carbonyl (C=O) groups is 3. The van der Waals surface area contributed by atoms with E-state index in [0.717, 1.165) is 12.8 Å². The second kappa shape index (κ2) is 10.1. The molecular weight excluding hydrogens is 439 g/mol. The van der Waals surface area contributed by atoms with Gasteiger partial charge in [0.25, 0.3) is 0 Å². The Kier molecular flexibility index (Phi) is 7.21. The van der Waals surface area contributed by atoms with E-state index < -0.39 is 17.8 Å². The number of amides is 3. The molecule has 4 rings (SSSR count). The maximum Gasteiger partial charge on any atom is 0.338 e. The van der Waals surface area contributed by atoms with Gasteiger partial charge in [-0.1, -0.05) is 12.1 Å². The number of urea groups is 1. The average molecular weight is 473 g/mol. The van der Waals surface area contributed by atoms with Crippen molar-refractivity contribution in [2.75, 3.05) is 39.3 Å². The Morgan fingerprint density at radius 3 is 2.44 bits per heavy atom. The van der Waals surface area contributed by atoms with Gasteiger partial charge in [-0.05, 0) is 51.3 Å². The van der Waals surface area contributed by atoms with Gasteiger partial charge in [0.2, 0.25) is 5.91 Å². The number of esters is 1. The zero-order valence-corrected chi connectivity index (χ0v) is 20.1. The molecule has 2 fully saturated rings. The Morgan fingerprint density at radius 1 is 1.15 bits per heavy atom. The summed E-state index contributed by atoms with van der Waals surface area (Å²) in [5.41, 5.74) is 1.56. The fraction of sp³-hybridized carbons (Fsp3) is 0.560. The molecule has 1 aromatic carbocycles. The Balaban J connectivity index is 1.65. The Morgan fingerprint density at radius 2 is 1.85 bits per heavy atom. The summed E-state index contributed by atoms with van der Waals surface area (Å²) >= 11 is 0. The molecule has 0 aromatic heterocycles. The number of hydrogen-bond donors (Lipinski definition) is 1. The third-order valence-electron chi connectivity index (χ3n) is 6.75. The van der Waals surface area contributed by atoms with E-state index in [1.54, 1.807) is 24.0 Å². The maximum atomic E-state index is 13.6. The number of nitrogens with zero attached hydrogens (tertiary/aromatic N) is 3. The Labute approximate surface area is 199 Å². The quantitative estimate of drug-likeness (QED) is 0.617. The molecule has 2 aliphatic heterocycles. The van der Waals surface area contributed by atoms with Gasteiger partial charge in [0.05, 0.1) is 18.2 Å². The third kappa shape index (κ3) is 4.94. The molecule has 9 heteroatoms. The fourth-order valence-electron chi connectivity index (χ4n) is 4.84. The van der Waals surface area contributed by atoms with Crippen LogP contribution in [0.25, 0.3) is 0 Å². The number of nitrogens with one attached hydrogen (secondary N) is 1. The van der Waals surface area contributed by atoms with Crippen LogP contribution in [0.3, 0.4) is 0 Å². The maximum absolute atomic E-state index is 13.6. The molecule has 0 spiro atoms. The number of hydrogen-bond acceptors (Lipinski definition) is 5. The van der Waals surface area contributed by atoms with Crippen molar-refractivity contribution in [1.82, 2.24) is 20.0 Å². The topological polar surface area (TPSA) is 82.2 Å². The SMILES string of the molecule is CCOC(=O)C1=C(CN2CCN(C(=O)C3CC3)[C@@H](C)C2)N(CC)C(=O)N[C@H]1c1ccc(F)cc1. The minimum Gasteiger partial charge on any atom is -0.463 e. The van der Waals surface area contributed by atoms with E-state index in [-0.39, 0.29) is 30.5 Å². The molecule has 2 heterocycles. The highest BCUT2D eigenvalue weighted by molar-refractivity contribution is 5.95. The van der Waals surface area contributed by atoms with E-state index in [0.29, 0.717) is 49.6 Å². The fourth-order valence-corrected chi connectivity index (χ4v) is 4.84. The molecule has 0 unspecified atom stereocenters. The highest BCUT2D eigenvalue weighted by atomic mass is 19.1. The molecule has 1 N–H and O–H groups in total. The first kappa shape index (κ1) is 24.2. The molecule has 2 atom stereocenters. The number of likely N-dealkylation sites (N-methyl/N-ethyl adjacent to an activating group) is 1. The molecule has 8 nitrogen and oxygen atoms in total. The molecule has 3 aliphatic rings. The number of benzene rings is 1. The van der Waals surface area contributed by atoms with Crippen molar-refractivity contribution in [3.63, 3.8) is 0 Å². The van der Waals surface area contributed by atoms with Crippen LogP contribution in [0.1, 0.15) is 45.2 Å². The molecule has 3 amide bonds.